The molecule has 10 heteroatoms. The van der Waals surface area contributed by atoms with Crippen molar-refractivity contribution in [1.82, 2.24) is 0 Å². The van der Waals surface area contributed by atoms with E-state index in [2.05, 4.69) is 0 Å². The largest absolute Gasteiger partial charge is 0.507 e. The van der Waals surface area contributed by atoms with Gasteiger partial charge in [-0.25, -0.2) is 0 Å². The van der Waals surface area contributed by atoms with Gasteiger partial charge >= 0.3 is 0 Å². The summed E-state index contributed by atoms with van der Waals surface area (Å²) in [7, 11) is 0. The van der Waals surface area contributed by atoms with E-state index in [4.69, 9.17) is 14.2 Å². The standard InChI is InChI=1S/C30H24O10/c31-18-6-5-13(7-20(18)33)28-23(36)10-16-19(32)11-25-26(29(16)38-28)17-12-30(40-25,39-24-4-2-1-3-15(17)24)14-8-21(34)27(37)22(35)9-14/h1-9,11,17,23,28,31-37H,10,12H2/t17?,23-,28+,30?/m0/s1. The molecule has 40 heavy (non-hydrogen) atoms. The van der Waals surface area contributed by atoms with Gasteiger partial charge < -0.3 is 50.0 Å². The average Bonchev–Trinajstić information content (AvgIpc) is 2.93. The van der Waals surface area contributed by atoms with E-state index >= 15 is 0 Å². The lowest BCUT2D eigenvalue weighted by Gasteiger charge is -2.47. The second-order valence-corrected chi connectivity index (χ2v) is 10.3. The van der Waals surface area contributed by atoms with Crippen molar-refractivity contribution >= 4 is 0 Å². The summed E-state index contributed by atoms with van der Waals surface area (Å²) in [4.78, 5) is 0. The number of hydrogen-bond donors (Lipinski definition) is 7. The van der Waals surface area contributed by atoms with Gasteiger partial charge in [-0.05, 0) is 35.9 Å². The van der Waals surface area contributed by atoms with E-state index in [-0.39, 0.29) is 41.4 Å². The molecule has 0 fully saturated rings. The number of para-hydroxylation sites is 1. The summed E-state index contributed by atoms with van der Waals surface area (Å²) in [6, 6.07) is 15.4. The van der Waals surface area contributed by atoms with Crippen LogP contribution in [0.4, 0.5) is 0 Å². The second-order valence-electron chi connectivity index (χ2n) is 10.3. The van der Waals surface area contributed by atoms with Gasteiger partial charge in [0.2, 0.25) is 0 Å². The summed E-state index contributed by atoms with van der Waals surface area (Å²) in [6.07, 6.45) is -1.74. The lowest BCUT2D eigenvalue weighted by Crippen LogP contribution is -2.47. The number of aliphatic hydroxyl groups excluding tert-OH is 1. The first-order chi connectivity index (χ1) is 19.1. The number of benzene rings is 4. The lowest BCUT2D eigenvalue weighted by atomic mass is 9.76. The molecule has 3 heterocycles. The molecular weight excluding hydrogens is 520 g/mol. The summed E-state index contributed by atoms with van der Waals surface area (Å²) in [6.45, 7) is 0. The zero-order valence-corrected chi connectivity index (χ0v) is 20.8. The number of ether oxygens (including phenoxy) is 3. The molecule has 4 aromatic rings. The third kappa shape index (κ3) is 3.39. The van der Waals surface area contributed by atoms with Gasteiger partial charge in [-0.1, -0.05) is 24.3 Å². The molecule has 0 saturated heterocycles. The fourth-order valence-corrected chi connectivity index (χ4v) is 5.97. The fourth-order valence-electron chi connectivity index (χ4n) is 5.97. The Morgan fingerprint density at radius 1 is 0.725 bits per heavy atom. The fraction of sp³-hybridized carbons (Fsp3) is 0.200. The monoisotopic (exact) mass is 544 g/mol. The topological polar surface area (TPSA) is 169 Å². The van der Waals surface area contributed by atoms with Crippen molar-refractivity contribution in [2.24, 2.45) is 0 Å². The first-order valence-corrected chi connectivity index (χ1v) is 12.6. The van der Waals surface area contributed by atoms with Crippen molar-refractivity contribution in [3.8, 4) is 51.7 Å². The molecule has 0 spiro atoms. The summed E-state index contributed by atoms with van der Waals surface area (Å²) >= 11 is 0. The Kier molecular flexibility index (Phi) is 4.98. The van der Waals surface area contributed by atoms with Crippen molar-refractivity contribution in [2.75, 3.05) is 0 Å². The number of phenols is 6. The van der Waals surface area contributed by atoms with Crippen LogP contribution in [0.2, 0.25) is 0 Å². The van der Waals surface area contributed by atoms with Crippen molar-refractivity contribution in [1.29, 1.82) is 0 Å². The van der Waals surface area contributed by atoms with Crippen LogP contribution in [-0.4, -0.2) is 41.8 Å². The van der Waals surface area contributed by atoms with Crippen molar-refractivity contribution < 1.29 is 50.0 Å². The van der Waals surface area contributed by atoms with E-state index in [1.807, 2.05) is 12.1 Å². The number of aliphatic hydroxyl groups is 1. The maximum absolute atomic E-state index is 11.0. The van der Waals surface area contributed by atoms with Gasteiger partial charge in [0.15, 0.2) is 28.7 Å². The first kappa shape index (κ1) is 24.1. The van der Waals surface area contributed by atoms with Crippen LogP contribution in [0.1, 0.15) is 46.3 Å². The van der Waals surface area contributed by atoms with Crippen LogP contribution in [0.25, 0.3) is 0 Å². The van der Waals surface area contributed by atoms with Crippen LogP contribution in [0.15, 0.2) is 60.7 Å². The van der Waals surface area contributed by atoms with E-state index in [9.17, 15) is 35.7 Å². The van der Waals surface area contributed by atoms with Crippen molar-refractivity contribution in [3.63, 3.8) is 0 Å². The molecule has 2 bridgehead atoms. The second kappa shape index (κ2) is 8.27. The van der Waals surface area contributed by atoms with Gasteiger partial charge in [-0.15, -0.1) is 0 Å². The summed E-state index contributed by atoms with van der Waals surface area (Å²) in [5.41, 5.74) is 2.50. The maximum Gasteiger partial charge on any atom is 0.279 e. The molecule has 0 radical (unpaired) electrons. The Morgan fingerprint density at radius 2 is 1.45 bits per heavy atom. The molecule has 0 aliphatic carbocycles. The molecule has 204 valence electrons. The van der Waals surface area contributed by atoms with Gasteiger partial charge in [0.1, 0.15) is 29.1 Å². The summed E-state index contributed by atoms with van der Waals surface area (Å²) < 4.78 is 19.2. The van der Waals surface area contributed by atoms with Gasteiger partial charge in [-0.3, -0.25) is 0 Å². The van der Waals surface area contributed by atoms with Crippen LogP contribution in [-0.2, 0) is 12.2 Å². The number of phenolic OH excluding ortho intramolecular Hbond substituents is 6. The van der Waals surface area contributed by atoms with E-state index in [1.165, 1.54) is 36.4 Å². The molecule has 10 nitrogen and oxygen atoms in total. The Balaban J connectivity index is 1.42. The Morgan fingerprint density at radius 3 is 2.20 bits per heavy atom. The molecule has 7 N–H and O–H groups in total. The quantitative estimate of drug-likeness (QED) is 0.182. The van der Waals surface area contributed by atoms with Crippen LogP contribution in [0.5, 0.6) is 51.7 Å². The molecule has 0 saturated carbocycles. The summed E-state index contributed by atoms with van der Waals surface area (Å²) in [5, 5.41) is 72.2. The molecule has 4 atom stereocenters. The maximum atomic E-state index is 11.0. The summed E-state index contributed by atoms with van der Waals surface area (Å²) in [5.74, 6) is -3.49. The Bertz CT molecular complexity index is 1680. The molecule has 0 amide bonds. The highest BCUT2D eigenvalue weighted by Gasteiger charge is 2.52. The van der Waals surface area contributed by atoms with E-state index in [0.29, 0.717) is 28.2 Å². The minimum absolute atomic E-state index is 0.0521. The lowest BCUT2D eigenvalue weighted by molar-refractivity contribution is -0.149. The molecule has 4 aromatic carbocycles. The van der Waals surface area contributed by atoms with Crippen molar-refractivity contribution in [3.05, 3.63) is 88.5 Å². The third-order valence-electron chi connectivity index (χ3n) is 7.87. The van der Waals surface area contributed by atoms with Gasteiger partial charge in [-0.2, -0.15) is 0 Å². The smallest absolute Gasteiger partial charge is 0.279 e. The molecule has 2 unspecified atom stereocenters. The van der Waals surface area contributed by atoms with Crippen molar-refractivity contribution in [2.45, 2.75) is 36.8 Å². The zero-order chi connectivity index (χ0) is 27.9. The van der Waals surface area contributed by atoms with E-state index < -0.39 is 41.2 Å². The predicted molar refractivity (Wildman–Crippen MR) is 138 cm³/mol. The van der Waals surface area contributed by atoms with Gasteiger partial charge in [0.05, 0.1) is 6.10 Å². The molecule has 3 aliphatic rings. The number of fused-ring (bicyclic) bond motifs is 8. The van der Waals surface area contributed by atoms with E-state index in [0.717, 1.165) is 5.56 Å². The highest BCUT2D eigenvalue weighted by Crippen LogP contribution is 2.60. The molecule has 7 rings (SSSR count). The molecule has 0 aromatic heterocycles. The van der Waals surface area contributed by atoms with Crippen LogP contribution in [0, 0.1) is 0 Å². The Hall–Kier alpha value is -4.96. The SMILES string of the molecule is Oc1ccc([C@H]2Oc3c(c(O)cc4c3C3CC(c5cc(O)c(O)c(O)c5)(Oc5ccccc53)O4)C[C@@H]2O)cc1O. The number of hydrogen-bond acceptors (Lipinski definition) is 10. The zero-order valence-electron chi connectivity index (χ0n) is 20.8. The minimum atomic E-state index is -1.54. The normalized spacial score (nSPS) is 24.0. The van der Waals surface area contributed by atoms with Crippen LogP contribution >= 0.6 is 0 Å². The number of aromatic hydroxyl groups is 6. The minimum Gasteiger partial charge on any atom is -0.507 e. The highest BCUT2D eigenvalue weighted by molar-refractivity contribution is 5.65. The number of rotatable bonds is 2. The molecule has 3 aliphatic heterocycles. The third-order valence-corrected chi connectivity index (χ3v) is 7.87. The van der Waals surface area contributed by atoms with Crippen LogP contribution in [0.3, 0.4) is 0 Å². The predicted octanol–water partition coefficient (Wildman–Crippen LogP) is 4.12. The average molecular weight is 545 g/mol. The van der Waals surface area contributed by atoms with Gasteiger partial charge in [0, 0.05) is 47.1 Å². The highest BCUT2D eigenvalue weighted by atomic mass is 16.7. The Labute approximate surface area is 227 Å². The first-order valence-electron chi connectivity index (χ1n) is 12.6. The van der Waals surface area contributed by atoms with E-state index in [1.54, 1.807) is 12.1 Å². The molecular formula is C30H24O10. The van der Waals surface area contributed by atoms with Crippen LogP contribution < -0.4 is 14.2 Å². The van der Waals surface area contributed by atoms with Gasteiger partial charge in [0.25, 0.3) is 5.79 Å².